The quantitative estimate of drug-likeness (QED) is 0.499. The molecule has 0 bridgehead atoms. The largest absolute Gasteiger partial charge is 0.507 e. The Morgan fingerprint density at radius 2 is 1.84 bits per heavy atom. The lowest BCUT2D eigenvalue weighted by molar-refractivity contribution is 0.385. The van der Waals surface area contributed by atoms with Gasteiger partial charge in [-0.25, -0.2) is 17.8 Å². The average molecular weight is 444 g/mol. The minimum absolute atomic E-state index is 0.0940. The first-order chi connectivity index (χ1) is 14.6. The number of rotatable bonds is 7. The van der Waals surface area contributed by atoms with Crippen LogP contribution >= 0.6 is 0 Å². The van der Waals surface area contributed by atoms with Crippen LogP contribution in [0, 0.1) is 19.7 Å². The number of nitrogens with zero attached hydrogens (tertiary/aromatic N) is 1. The topological polar surface area (TPSA) is 101 Å². The number of methoxy groups -OCH3 is 1. The number of halogens is 1. The molecule has 3 rings (SSSR count). The van der Waals surface area contributed by atoms with Crippen molar-refractivity contribution in [1.29, 1.82) is 0 Å². The Kier molecular flexibility index (Phi) is 6.16. The third-order valence-electron chi connectivity index (χ3n) is 4.60. The molecule has 0 aliphatic rings. The predicted molar refractivity (Wildman–Crippen MR) is 118 cm³/mol. The standard InChI is InChI=1S/C22H22FN3O4S/c1-13-6-5-7-14(2)21(13)26-31(28,29)20-11-17(12-24-22(20)30-4)25-15(3)18-10-16(23)8-9-19(18)27/h5-12,25-27H,3H2,1-2,4H3. The number of benzene rings is 2. The Labute approximate surface area is 180 Å². The van der Waals surface area contributed by atoms with Crippen LogP contribution in [0.2, 0.25) is 0 Å². The number of para-hydroxylation sites is 1. The summed E-state index contributed by atoms with van der Waals surface area (Å²) in [6.07, 6.45) is 1.35. The number of anilines is 2. The summed E-state index contributed by atoms with van der Waals surface area (Å²) in [6.45, 7) is 7.38. The molecule has 0 aliphatic heterocycles. The van der Waals surface area contributed by atoms with Gasteiger partial charge in [0.2, 0.25) is 5.88 Å². The number of phenols is 1. The molecule has 0 aliphatic carbocycles. The van der Waals surface area contributed by atoms with Crippen molar-refractivity contribution < 1.29 is 22.7 Å². The van der Waals surface area contributed by atoms with Gasteiger partial charge in [0.05, 0.1) is 24.7 Å². The van der Waals surface area contributed by atoms with Crippen molar-refractivity contribution in [3.8, 4) is 11.6 Å². The van der Waals surface area contributed by atoms with Crippen LogP contribution < -0.4 is 14.8 Å². The number of ether oxygens (including phenoxy) is 1. The van der Waals surface area contributed by atoms with Crippen LogP contribution in [0.5, 0.6) is 11.6 Å². The first-order valence-corrected chi connectivity index (χ1v) is 10.7. The van der Waals surface area contributed by atoms with E-state index in [1.54, 1.807) is 26.0 Å². The summed E-state index contributed by atoms with van der Waals surface area (Å²) in [5, 5.41) is 12.8. The van der Waals surface area contributed by atoms with Crippen LogP contribution in [0.4, 0.5) is 15.8 Å². The van der Waals surface area contributed by atoms with E-state index in [1.165, 1.54) is 25.4 Å². The fraction of sp³-hybridized carbons (Fsp3) is 0.136. The first-order valence-electron chi connectivity index (χ1n) is 9.20. The summed E-state index contributed by atoms with van der Waals surface area (Å²) >= 11 is 0. The van der Waals surface area contributed by atoms with E-state index in [2.05, 4.69) is 21.6 Å². The summed E-state index contributed by atoms with van der Waals surface area (Å²) in [5.74, 6) is -0.821. The van der Waals surface area contributed by atoms with E-state index < -0.39 is 15.8 Å². The maximum absolute atomic E-state index is 13.5. The zero-order chi connectivity index (χ0) is 22.8. The second-order valence-corrected chi connectivity index (χ2v) is 8.52. The highest BCUT2D eigenvalue weighted by atomic mass is 32.2. The van der Waals surface area contributed by atoms with Gasteiger partial charge in [-0.05, 0) is 49.2 Å². The van der Waals surface area contributed by atoms with Crippen LogP contribution in [0.15, 0.2) is 60.1 Å². The summed E-state index contributed by atoms with van der Waals surface area (Å²) in [5.41, 5.74) is 2.55. The van der Waals surface area contributed by atoms with Gasteiger partial charge in [0.15, 0.2) is 4.90 Å². The van der Waals surface area contributed by atoms with Crippen LogP contribution in [0.25, 0.3) is 5.70 Å². The second kappa shape index (κ2) is 8.65. The smallest absolute Gasteiger partial charge is 0.267 e. The second-order valence-electron chi connectivity index (χ2n) is 6.87. The molecule has 0 unspecified atom stereocenters. The van der Waals surface area contributed by atoms with Crippen LogP contribution in [-0.2, 0) is 10.0 Å². The van der Waals surface area contributed by atoms with Crippen molar-refractivity contribution in [2.24, 2.45) is 0 Å². The molecule has 3 aromatic rings. The van der Waals surface area contributed by atoms with Gasteiger partial charge < -0.3 is 15.2 Å². The Bertz CT molecular complexity index is 1240. The molecule has 0 atom stereocenters. The van der Waals surface area contributed by atoms with Gasteiger partial charge in [0, 0.05) is 11.3 Å². The first kappa shape index (κ1) is 22.1. The summed E-state index contributed by atoms with van der Waals surface area (Å²) < 4.78 is 47.5. The fourth-order valence-corrected chi connectivity index (χ4v) is 4.35. The van der Waals surface area contributed by atoms with Crippen molar-refractivity contribution in [1.82, 2.24) is 4.98 Å². The molecule has 0 amide bonds. The maximum Gasteiger partial charge on any atom is 0.267 e. The van der Waals surface area contributed by atoms with E-state index >= 15 is 0 Å². The third-order valence-corrected chi connectivity index (χ3v) is 5.94. The molecule has 3 N–H and O–H groups in total. The monoisotopic (exact) mass is 443 g/mol. The Balaban J connectivity index is 1.97. The van der Waals surface area contributed by atoms with E-state index in [0.717, 1.165) is 23.3 Å². The molecule has 31 heavy (non-hydrogen) atoms. The van der Waals surface area contributed by atoms with Gasteiger partial charge in [-0.15, -0.1) is 0 Å². The molecule has 0 saturated carbocycles. The van der Waals surface area contributed by atoms with Gasteiger partial charge >= 0.3 is 0 Å². The molecular formula is C22H22FN3O4S. The lowest BCUT2D eigenvalue weighted by Crippen LogP contribution is -2.16. The predicted octanol–water partition coefficient (Wildman–Crippen LogP) is 4.44. The van der Waals surface area contributed by atoms with Crippen molar-refractivity contribution in [2.75, 3.05) is 17.1 Å². The zero-order valence-electron chi connectivity index (χ0n) is 17.2. The lowest BCUT2D eigenvalue weighted by Gasteiger charge is -2.16. The SMILES string of the molecule is C=C(Nc1cnc(OC)c(S(=O)(=O)Nc2c(C)cccc2C)c1)c1cc(F)ccc1O. The Hall–Kier alpha value is -3.59. The summed E-state index contributed by atoms with van der Waals surface area (Å²) in [6, 6.07) is 10.2. The van der Waals surface area contributed by atoms with Crippen LogP contribution in [0.3, 0.4) is 0 Å². The summed E-state index contributed by atoms with van der Waals surface area (Å²) in [4.78, 5) is 3.86. The van der Waals surface area contributed by atoms with E-state index in [-0.39, 0.29) is 33.5 Å². The molecule has 0 fully saturated rings. The number of nitrogens with one attached hydrogen (secondary N) is 2. The molecule has 1 aromatic heterocycles. The average Bonchev–Trinajstić information content (AvgIpc) is 2.72. The lowest BCUT2D eigenvalue weighted by atomic mass is 10.1. The van der Waals surface area contributed by atoms with Gasteiger partial charge in [0.25, 0.3) is 10.0 Å². The number of hydrogen-bond donors (Lipinski definition) is 3. The number of aryl methyl sites for hydroxylation is 2. The van der Waals surface area contributed by atoms with E-state index in [9.17, 15) is 17.9 Å². The molecule has 2 aromatic carbocycles. The number of pyridine rings is 1. The van der Waals surface area contributed by atoms with E-state index in [4.69, 9.17) is 4.74 Å². The highest BCUT2D eigenvalue weighted by Gasteiger charge is 2.23. The van der Waals surface area contributed by atoms with Gasteiger partial charge in [-0.2, -0.15) is 0 Å². The number of aromatic nitrogens is 1. The van der Waals surface area contributed by atoms with Crippen LogP contribution in [-0.4, -0.2) is 25.6 Å². The van der Waals surface area contributed by atoms with Crippen molar-refractivity contribution in [2.45, 2.75) is 18.7 Å². The number of aromatic hydroxyl groups is 1. The van der Waals surface area contributed by atoms with Crippen molar-refractivity contribution >= 4 is 27.1 Å². The normalized spacial score (nSPS) is 11.1. The molecule has 0 spiro atoms. The molecule has 0 saturated heterocycles. The molecule has 162 valence electrons. The van der Waals surface area contributed by atoms with Gasteiger partial charge in [-0.1, -0.05) is 24.8 Å². The number of phenolic OH excluding ortho intramolecular Hbond substituents is 1. The third kappa shape index (κ3) is 4.77. The maximum atomic E-state index is 13.5. The summed E-state index contributed by atoms with van der Waals surface area (Å²) in [7, 11) is -2.74. The fourth-order valence-electron chi connectivity index (χ4n) is 3.00. The molecule has 0 radical (unpaired) electrons. The molecule has 1 heterocycles. The van der Waals surface area contributed by atoms with Gasteiger partial charge in [-0.3, -0.25) is 4.72 Å². The minimum atomic E-state index is -4.06. The van der Waals surface area contributed by atoms with E-state index in [1.807, 2.05) is 6.07 Å². The zero-order valence-corrected chi connectivity index (χ0v) is 18.0. The van der Waals surface area contributed by atoms with Crippen LogP contribution in [0.1, 0.15) is 16.7 Å². The van der Waals surface area contributed by atoms with Gasteiger partial charge in [0.1, 0.15) is 11.6 Å². The Morgan fingerprint density at radius 3 is 2.48 bits per heavy atom. The number of hydrogen-bond acceptors (Lipinski definition) is 6. The number of sulfonamides is 1. The minimum Gasteiger partial charge on any atom is -0.507 e. The van der Waals surface area contributed by atoms with Crippen molar-refractivity contribution in [3.63, 3.8) is 0 Å². The Morgan fingerprint density at radius 1 is 1.16 bits per heavy atom. The molecule has 7 nitrogen and oxygen atoms in total. The molecular weight excluding hydrogens is 421 g/mol. The van der Waals surface area contributed by atoms with Crippen molar-refractivity contribution in [3.05, 3.63) is 77.7 Å². The molecule has 9 heteroatoms. The van der Waals surface area contributed by atoms with E-state index in [0.29, 0.717) is 5.69 Å². The highest BCUT2D eigenvalue weighted by molar-refractivity contribution is 7.92. The highest BCUT2D eigenvalue weighted by Crippen LogP contribution is 2.31.